The summed E-state index contributed by atoms with van der Waals surface area (Å²) in [6.07, 6.45) is 0. The van der Waals surface area contributed by atoms with E-state index in [1.807, 2.05) is 0 Å². The first kappa shape index (κ1) is 14.9. The minimum Gasteiger partial charge on any atom is -0.389 e. The lowest BCUT2D eigenvalue weighted by Crippen LogP contribution is -2.41. The van der Waals surface area contributed by atoms with Crippen molar-refractivity contribution in [1.82, 2.24) is 4.90 Å². The zero-order valence-corrected chi connectivity index (χ0v) is 12.1. The van der Waals surface area contributed by atoms with Gasteiger partial charge in [0.1, 0.15) is 5.82 Å². The highest BCUT2D eigenvalue weighted by Crippen LogP contribution is 2.23. The molecule has 0 bridgehead atoms. The third-order valence-electron chi connectivity index (χ3n) is 2.14. The molecule has 0 saturated carbocycles. The van der Waals surface area contributed by atoms with Gasteiger partial charge in [-0.05, 0) is 48.0 Å². The second-order valence-electron chi connectivity index (χ2n) is 4.72. The van der Waals surface area contributed by atoms with Gasteiger partial charge < -0.3 is 15.3 Å². The van der Waals surface area contributed by atoms with Crippen molar-refractivity contribution in [3.8, 4) is 0 Å². The van der Waals surface area contributed by atoms with Crippen LogP contribution in [0.25, 0.3) is 0 Å². The maximum Gasteiger partial charge on any atom is 0.321 e. The number of benzene rings is 1. The summed E-state index contributed by atoms with van der Waals surface area (Å²) in [5, 5.41) is 12.2. The fourth-order valence-corrected chi connectivity index (χ4v) is 1.80. The number of likely N-dealkylation sites (N-methyl/N-ethyl adjacent to an activating group) is 1. The van der Waals surface area contributed by atoms with E-state index in [0.717, 1.165) is 0 Å². The third-order valence-corrected chi connectivity index (χ3v) is 2.83. The Bertz CT molecular complexity index is 446. The Hall–Kier alpha value is -1.14. The van der Waals surface area contributed by atoms with Gasteiger partial charge in [0.2, 0.25) is 0 Å². The van der Waals surface area contributed by atoms with Crippen LogP contribution in [0.15, 0.2) is 22.7 Å². The Morgan fingerprint density at radius 3 is 2.72 bits per heavy atom. The predicted octanol–water partition coefficient (Wildman–Crippen LogP) is 2.82. The number of hydrogen-bond donors (Lipinski definition) is 2. The summed E-state index contributed by atoms with van der Waals surface area (Å²) in [6, 6.07) is 3.62. The highest BCUT2D eigenvalue weighted by Gasteiger charge is 2.19. The monoisotopic (exact) mass is 318 g/mol. The maximum absolute atomic E-state index is 13.0. The number of carbonyl (C=O) groups excluding carboxylic acids is 1. The van der Waals surface area contributed by atoms with E-state index in [-0.39, 0.29) is 6.54 Å². The molecule has 0 saturated heterocycles. The number of aliphatic hydroxyl groups is 1. The van der Waals surface area contributed by atoms with Crippen LogP contribution in [0.1, 0.15) is 13.8 Å². The Balaban J connectivity index is 2.72. The molecular formula is C12H16BrFN2O2. The lowest BCUT2D eigenvalue weighted by molar-refractivity contribution is 0.0550. The van der Waals surface area contributed by atoms with Crippen LogP contribution in [0.2, 0.25) is 0 Å². The van der Waals surface area contributed by atoms with Crippen molar-refractivity contribution in [2.24, 2.45) is 0 Å². The van der Waals surface area contributed by atoms with Crippen LogP contribution in [0.5, 0.6) is 0 Å². The van der Waals surface area contributed by atoms with Gasteiger partial charge in [0.25, 0.3) is 0 Å². The molecule has 1 aromatic carbocycles. The summed E-state index contributed by atoms with van der Waals surface area (Å²) in [7, 11) is 1.56. The highest BCUT2D eigenvalue weighted by atomic mass is 79.9. The lowest BCUT2D eigenvalue weighted by Gasteiger charge is -2.25. The van der Waals surface area contributed by atoms with Crippen LogP contribution >= 0.6 is 15.9 Å². The van der Waals surface area contributed by atoms with Crippen LogP contribution in [-0.4, -0.2) is 35.2 Å². The van der Waals surface area contributed by atoms with E-state index in [1.165, 1.54) is 23.1 Å². The molecule has 0 aliphatic rings. The zero-order valence-electron chi connectivity index (χ0n) is 10.5. The van der Waals surface area contributed by atoms with E-state index >= 15 is 0 Å². The number of nitrogens with one attached hydrogen (secondary N) is 1. The number of anilines is 1. The summed E-state index contributed by atoms with van der Waals surface area (Å²) in [4.78, 5) is 13.1. The van der Waals surface area contributed by atoms with Crippen molar-refractivity contribution in [3.05, 3.63) is 28.5 Å². The quantitative estimate of drug-likeness (QED) is 0.900. The predicted molar refractivity (Wildman–Crippen MR) is 72.0 cm³/mol. The average Bonchev–Trinajstić information content (AvgIpc) is 2.21. The van der Waals surface area contributed by atoms with E-state index in [9.17, 15) is 14.3 Å². The van der Waals surface area contributed by atoms with Crippen LogP contribution in [0.4, 0.5) is 14.9 Å². The first-order valence-corrected chi connectivity index (χ1v) is 6.18. The number of amides is 2. The fourth-order valence-electron chi connectivity index (χ4n) is 1.46. The summed E-state index contributed by atoms with van der Waals surface area (Å²) in [5.74, 6) is -0.432. The zero-order chi connectivity index (χ0) is 13.9. The normalized spacial score (nSPS) is 11.2. The van der Waals surface area contributed by atoms with Crippen molar-refractivity contribution in [2.45, 2.75) is 19.4 Å². The van der Waals surface area contributed by atoms with Gasteiger partial charge >= 0.3 is 6.03 Å². The molecular weight excluding hydrogens is 303 g/mol. The Kier molecular flexibility index (Phi) is 4.70. The summed E-state index contributed by atoms with van der Waals surface area (Å²) in [5.41, 5.74) is -0.631. The molecule has 1 aromatic rings. The minimum atomic E-state index is -0.981. The Morgan fingerprint density at radius 1 is 1.56 bits per heavy atom. The molecule has 6 heteroatoms. The molecule has 0 radical (unpaired) electrons. The van der Waals surface area contributed by atoms with Crippen molar-refractivity contribution in [2.75, 3.05) is 18.9 Å². The number of carbonyl (C=O) groups is 1. The third kappa shape index (κ3) is 4.62. The van der Waals surface area contributed by atoms with Crippen molar-refractivity contribution >= 4 is 27.6 Å². The molecule has 2 N–H and O–H groups in total. The summed E-state index contributed by atoms with van der Waals surface area (Å²) < 4.78 is 13.6. The van der Waals surface area contributed by atoms with Crippen LogP contribution in [0.3, 0.4) is 0 Å². The molecule has 0 spiro atoms. The van der Waals surface area contributed by atoms with Gasteiger partial charge in [0.15, 0.2) is 0 Å². The van der Waals surface area contributed by atoms with Crippen LogP contribution in [0, 0.1) is 5.82 Å². The van der Waals surface area contributed by atoms with Crippen LogP contribution in [-0.2, 0) is 0 Å². The Morgan fingerprint density at radius 2 is 2.17 bits per heavy atom. The van der Waals surface area contributed by atoms with Gasteiger partial charge in [-0.15, -0.1) is 0 Å². The van der Waals surface area contributed by atoms with E-state index in [4.69, 9.17) is 0 Å². The molecule has 100 valence electrons. The summed E-state index contributed by atoms with van der Waals surface area (Å²) in [6.45, 7) is 3.38. The molecule has 0 heterocycles. The first-order valence-electron chi connectivity index (χ1n) is 5.38. The minimum absolute atomic E-state index is 0.172. The fraction of sp³-hybridized carbons (Fsp3) is 0.417. The number of hydrogen-bond acceptors (Lipinski definition) is 2. The van der Waals surface area contributed by atoms with Gasteiger partial charge in [-0.25, -0.2) is 9.18 Å². The number of nitrogens with zero attached hydrogens (tertiary/aromatic N) is 1. The molecule has 18 heavy (non-hydrogen) atoms. The van der Waals surface area contributed by atoms with E-state index in [0.29, 0.717) is 10.2 Å². The molecule has 0 aliphatic carbocycles. The van der Waals surface area contributed by atoms with Gasteiger partial charge in [0.05, 0.1) is 17.8 Å². The van der Waals surface area contributed by atoms with Crippen LogP contribution < -0.4 is 5.32 Å². The van der Waals surface area contributed by atoms with Gasteiger partial charge in [-0.2, -0.15) is 0 Å². The van der Waals surface area contributed by atoms with Crippen molar-refractivity contribution in [3.63, 3.8) is 0 Å². The van der Waals surface area contributed by atoms with E-state index in [2.05, 4.69) is 21.2 Å². The number of urea groups is 1. The molecule has 2 amide bonds. The van der Waals surface area contributed by atoms with E-state index < -0.39 is 17.4 Å². The molecule has 0 fully saturated rings. The second-order valence-corrected chi connectivity index (χ2v) is 5.58. The van der Waals surface area contributed by atoms with Gasteiger partial charge in [0, 0.05) is 11.5 Å². The number of rotatable bonds is 3. The standard InChI is InChI=1S/C12H16BrFN2O2/c1-12(2,18)7-16(3)11(17)15-10-6-8(14)4-5-9(10)13/h4-6,18H,7H2,1-3H3,(H,15,17). The SMILES string of the molecule is CN(CC(C)(C)O)C(=O)Nc1cc(F)ccc1Br. The largest absolute Gasteiger partial charge is 0.389 e. The lowest BCUT2D eigenvalue weighted by atomic mass is 10.1. The van der Waals surface area contributed by atoms with Crippen molar-refractivity contribution < 1.29 is 14.3 Å². The maximum atomic E-state index is 13.0. The average molecular weight is 319 g/mol. The first-order chi connectivity index (χ1) is 8.19. The molecule has 0 aliphatic heterocycles. The van der Waals surface area contributed by atoms with Gasteiger partial charge in [-0.3, -0.25) is 0 Å². The molecule has 1 rings (SSSR count). The second kappa shape index (κ2) is 5.67. The summed E-state index contributed by atoms with van der Waals surface area (Å²) >= 11 is 3.22. The molecule has 4 nitrogen and oxygen atoms in total. The van der Waals surface area contributed by atoms with Crippen molar-refractivity contribution in [1.29, 1.82) is 0 Å². The molecule has 0 atom stereocenters. The highest BCUT2D eigenvalue weighted by molar-refractivity contribution is 9.10. The smallest absolute Gasteiger partial charge is 0.321 e. The van der Waals surface area contributed by atoms with Gasteiger partial charge in [-0.1, -0.05) is 0 Å². The topological polar surface area (TPSA) is 52.6 Å². The molecule has 0 unspecified atom stereocenters. The number of halogens is 2. The molecule has 0 aromatic heterocycles. The Labute approximate surface area is 114 Å². The van der Waals surface area contributed by atoms with E-state index in [1.54, 1.807) is 20.9 Å².